The van der Waals surface area contributed by atoms with Crippen molar-refractivity contribution in [3.05, 3.63) is 70.6 Å². The molecule has 5 nitrogen and oxygen atoms in total. The van der Waals surface area contributed by atoms with Gasteiger partial charge in [-0.25, -0.2) is 0 Å². The maximum atomic E-state index is 10.7. The van der Waals surface area contributed by atoms with Gasteiger partial charge in [0.05, 0.1) is 11.4 Å². The lowest BCUT2D eigenvalue weighted by molar-refractivity contribution is 0.0950. The van der Waals surface area contributed by atoms with Gasteiger partial charge in [-0.1, -0.05) is 24.3 Å². The zero-order valence-electron chi connectivity index (χ0n) is 14.1. The highest BCUT2D eigenvalue weighted by molar-refractivity contribution is 6.06. The average molecular weight is 314 g/mol. The Morgan fingerprint density at radius 1 is 1.30 bits per heavy atom. The third-order valence-corrected chi connectivity index (χ3v) is 3.48. The summed E-state index contributed by atoms with van der Waals surface area (Å²) in [6.45, 7) is 5.63. The third kappa shape index (κ3) is 4.81. The molecule has 0 radical (unpaired) electrons. The summed E-state index contributed by atoms with van der Waals surface area (Å²) >= 11 is 0. The molecule has 23 heavy (non-hydrogen) atoms. The molecule has 0 saturated carbocycles. The Morgan fingerprint density at radius 2 is 1.87 bits per heavy atom. The van der Waals surface area contributed by atoms with Crippen molar-refractivity contribution in [2.24, 2.45) is 11.5 Å². The second kappa shape index (κ2) is 7.76. The molecule has 0 heterocycles. The normalized spacial score (nSPS) is 15.6. The molecule has 1 rings (SSSR count). The molecule has 0 aliphatic rings. The lowest BCUT2D eigenvalue weighted by Crippen LogP contribution is -2.37. The molecule has 0 spiro atoms. The predicted octanol–water partition coefficient (Wildman–Crippen LogP) is 1.95. The number of aryl methyl sites for hydroxylation is 2. The van der Waals surface area contributed by atoms with Crippen molar-refractivity contribution in [3.63, 3.8) is 0 Å². The summed E-state index contributed by atoms with van der Waals surface area (Å²) in [5, 5.41) is 21.7. The lowest BCUT2D eigenvalue weighted by Gasteiger charge is -2.25. The number of nitrogens with two attached hydrogens (primary N) is 2. The zero-order valence-corrected chi connectivity index (χ0v) is 14.1. The fourth-order valence-electron chi connectivity index (χ4n) is 2.51. The second-order valence-electron chi connectivity index (χ2n) is 5.46. The minimum atomic E-state index is -1.69. The first-order chi connectivity index (χ1) is 10.7. The predicted molar refractivity (Wildman–Crippen MR) is 96.0 cm³/mol. The average Bonchev–Trinajstić information content (AvgIpc) is 2.44. The molecule has 7 N–H and O–H groups in total. The summed E-state index contributed by atoms with van der Waals surface area (Å²) in [5.74, 6) is 0. The molecule has 0 aliphatic carbocycles. The van der Waals surface area contributed by atoms with E-state index < -0.39 is 5.72 Å². The van der Waals surface area contributed by atoms with Gasteiger partial charge in [-0.05, 0) is 50.1 Å². The van der Waals surface area contributed by atoms with Crippen molar-refractivity contribution in [2.75, 3.05) is 7.05 Å². The van der Waals surface area contributed by atoms with Crippen molar-refractivity contribution in [3.8, 4) is 0 Å². The number of hydrogen-bond donors (Lipinski definition) is 5. The van der Waals surface area contributed by atoms with Gasteiger partial charge in [0.15, 0.2) is 5.72 Å². The number of rotatable bonds is 6. The van der Waals surface area contributed by atoms with E-state index in [1.807, 2.05) is 39.0 Å². The van der Waals surface area contributed by atoms with Crippen LogP contribution in [0.2, 0.25) is 0 Å². The van der Waals surface area contributed by atoms with E-state index >= 15 is 0 Å². The van der Waals surface area contributed by atoms with Crippen LogP contribution in [-0.4, -0.2) is 17.9 Å². The summed E-state index contributed by atoms with van der Waals surface area (Å²) in [6.07, 6.45) is 6.42. The number of allylic oxidation sites excluding steroid dienone is 3. The van der Waals surface area contributed by atoms with Gasteiger partial charge >= 0.3 is 0 Å². The molecule has 1 unspecified atom stereocenters. The van der Waals surface area contributed by atoms with Crippen LogP contribution in [0.5, 0.6) is 0 Å². The van der Waals surface area contributed by atoms with Crippen molar-refractivity contribution >= 4 is 5.71 Å². The highest BCUT2D eigenvalue weighted by Crippen LogP contribution is 2.25. The van der Waals surface area contributed by atoms with E-state index in [-0.39, 0.29) is 5.71 Å². The molecule has 0 aromatic heterocycles. The molecular weight excluding hydrogens is 288 g/mol. The molecule has 0 saturated heterocycles. The van der Waals surface area contributed by atoms with E-state index in [1.54, 1.807) is 19.2 Å². The molecule has 124 valence electrons. The van der Waals surface area contributed by atoms with Gasteiger partial charge in [-0.15, -0.1) is 0 Å². The van der Waals surface area contributed by atoms with Crippen molar-refractivity contribution in [1.29, 1.82) is 5.41 Å². The topological polar surface area (TPSA) is 108 Å². The van der Waals surface area contributed by atoms with Gasteiger partial charge in [-0.3, -0.25) is 11.1 Å². The molecular formula is C18H26N4O. The Labute approximate surface area is 137 Å². The summed E-state index contributed by atoms with van der Waals surface area (Å²) < 4.78 is 0. The Bertz CT molecular complexity index is 649. The lowest BCUT2D eigenvalue weighted by atomic mass is 9.92. The third-order valence-electron chi connectivity index (χ3n) is 3.48. The Balaban J connectivity index is 3.28. The van der Waals surface area contributed by atoms with Gasteiger partial charge in [0.2, 0.25) is 0 Å². The first kappa shape index (κ1) is 18.7. The molecule has 0 bridgehead atoms. The number of hydrogen-bond acceptors (Lipinski definition) is 5. The largest absolute Gasteiger partial charge is 0.399 e. The molecule has 0 fully saturated rings. The first-order valence-electron chi connectivity index (χ1n) is 7.40. The second-order valence-corrected chi connectivity index (χ2v) is 5.46. The van der Waals surface area contributed by atoms with E-state index in [0.29, 0.717) is 17.0 Å². The molecule has 0 amide bonds. The van der Waals surface area contributed by atoms with Gasteiger partial charge in [0.1, 0.15) is 0 Å². The first-order valence-corrected chi connectivity index (χ1v) is 7.40. The smallest absolute Gasteiger partial charge is 0.161 e. The van der Waals surface area contributed by atoms with Gasteiger partial charge < -0.3 is 16.2 Å². The molecule has 1 atom stereocenters. The fraction of sp³-hybridized carbons (Fsp3) is 0.278. The fourth-order valence-corrected chi connectivity index (χ4v) is 2.51. The summed E-state index contributed by atoms with van der Waals surface area (Å²) in [5.41, 5.74) is 13.6. The Hall–Kier alpha value is -2.37. The van der Waals surface area contributed by atoms with Crippen molar-refractivity contribution < 1.29 is 5.11 Å². The van der Waals surface area contributed by atoms with Crippen LogP contribution < -0.4 is 16.8 Å². The van der Waals surface area contributed by atoms with Crippen LogP contribution in [-0.2, 0) is 5.72 Å². The quantitative estimate of drug-likeness (QED) is 0.314. The van der Waals surface area contributed by atoms with Gasteiger partial charge in [0.25, 0.3) is 0 Å². The number of benzene rings is 1. The maximum Gasteiger partial charge on any atom is 0.161 e. The van der Waals surface area contributed by atoms with Crippen LogP contribution in [0.3, 0.4) is 0 Å². The highest BCUT2D eigenvalue weighted by Gasteiger charge is 2.26. The van der Waals surface area contributed by atoms with E-state index in [2.05, 4.69) is 5.32 Å². The molecule has 1 aromatic rings. The van der Waals surface area contributed by atoms with E-state index in [9.17, 15) is 5.11 Å². The number of aliphatic hydroxyl groups is 1. The van der Waals surface area contributed by atoms with Crippen LogP contribution in [0.1, 0.15) is 23.6 Å². The van der Waals surface area contributed by atoms with Crippen molar-refractivity contribution in [2.45, 2.75) is 26.5 Å². The highest BCUT2D eigenvalue weighted by atomic mass is 16.3. The van der Waals surface area contributed by atoms with E-state index in [1.165, 1.54) is 12.2 Å². The maximum absolute atomic E-state index is 10.7. The van der Waals surface area contributed by atoms with Crippen LogP contribution in [0.25, 0.3) is 0 Å². The monoisotopic (exact) mass is 314 g/mol. The molecule has 0 aliphatic heterocycles. The zero-order chi connectivity index (χ0) is 17.6. The Morgan fingerprint density at radius 3 is 2.35 bits per heavy atom. The van der Waals surface area contributed by atoms with Gasteiger partial charge in [-0.2, -0.15) is 0 Å². The van der Waals surface area contributed by atoms with Crippen molar-refractivity contribution in [1.82, 2.24) is 5.32 Å². The minimum absolute atomic E-state index is 0.137. The molecule has 1 aromatic carbocycles. The summed E-state index contributed by atoms with van der Waals surface area (Å²) in [7, 11) is 1.67. The van der Waals surface area contributed by atoms with Crippen LogP contribution >= 0.6 is 0 Å². The standard InChI is InChI=1S/C18H26N4O/c1-5-7-14(19)10-15(20)16(22-4)11-18(21,23)17-12(2)8-6-9-13(17)3/h5-11,20,22-23H,19,21H2,1-4H3/b7-5-,14-10+,16-11-,20-15?. The van der Waals surface area contributed by atoms with E-state index in [0.717, 1.165) is 11.1 Å². The summed E-state index contributed by atoms with van der Waals surface area (Å²) in [4.78, 5) is 0. The van der Waals surface area contributed by atoms with Crippen LogP contribution in [0, 0.1) is 19.3 Å². The minimum Gasteiger partial charge on any atom is -0.399 e. The Kier molecular flexibility index (Phi) is 6.30. The molecule has 5 heteroatoms. The number of nitrogens with one attached hydrogen (secondary N) is 2. The van der Waals surface area contributed by atoms with E-state index in [4.69, 9.17) is 16.9 Å². The SMILES string of the molecule is C/C=C\C(N)=C/C(=N)/C(=C/C(N)(O)c1c(C)cccc1C)NC. The summed E-state index contributed by atoms with van der Waals surface area (Å²) in [6, 6.07) is 5.69. The van der Waals surface area contributed by atoms with Crippen LogP contribution in [0.4, 0.5) is 0 Å². The van der Waals surface area contributed by atoms with Gasteiger partial charge in [0, 0.05) is 18.3 Å². The van der Waals surface area contributed by atoms with Crippen LogP contribution in [0.15, 0.2) is 53.9 Å².